The minimum atomic E-state index is 0.126. The topological polar surface area (TPSA) is 32.3 Å². The van der Waals surface area contributed by atoms with Gasteiger partial charge in [-0.1, -0.05) is 13.8 Å². The Kier molecular flexibility index (Phi) is 3.72. The largest absolute Gasteiger partial charge is 0.338 e. The van der Waals surface area contributed by atoms with Crippen molar-refractivity contribution in [2.24, 2.45) is 5.92 Å². The second kappa shape index (κ2) is 4.61. The third-order valence-electron chi connectivity index (χ3n) is 2.50. The molecule has 1 amide bonds. The van der Waals surface area contributed by atoms with Gasteiger partial charge in [-0.15, -0.1) is 0 Å². The van der Waals surface area contributed by atoms with Crippen LogP contribution in [0.3, 0.4) is 0 Å². The van der Waals surface area contributed by atoms with Gasteiger partial charge in [0.25, 0.3) is 0 Å². The van der Waals surface area contributed by atoms with E-state index in [1.165, 1.54) is 0 Å². The zero-order valence-corrected chi connectivity index (χ0v) is 8.84. The lowest BCUT2D eigenvalue weighted by atomic mass is 10.1. The van der Waals surface area contributed by atoms with E-state index in [0.29, 0.717) is 6.04 Å². The Morgan fingerprint density at radius 1 is 1.54 bits per heavy atom. The molecular weight excluding hydrogens is 164 g/mol. The van der Waals surface area contributed by atoms with E-state index in [4.69, 9.17) is 0 Å². The lowest BCUT2D eigenvalue weighted by Gasteiger charge is -2.28. The van der Waals surface area contributed by atoms with Crippen LogP contribution in [0, 0.1) is 5.92 Å². The summed E-state index contributed by atoms with van der Waals surface area (Å²) in [5, 5.41) is 3.33. The van der Waals surface area contributed by atoms with E-state index in [0.717, 1.165) is 26.1 Å². The van der Waals surface area contributed by atoms with Gasteiger partial charge < -0.3 is 10.2 Å². The highest BCUT2D eigenvalue weighted by Gasteiger charge is 2.23. The van der Waals surface area contributed by atoms with Crippen molar-refractivity contribution in [2.45, 2.75) is 33.2 Å². The zero-order chi connectivity index (χ0) is 9.84. The number of carbonyl (C=O) groups is 1. The Labute approximate surface area is 80.5 Å². The molecule has 3 heteroatoms. The number of amides is 1. The smallest absolute Gasteiger partial charge is 0.225 e. The SMILES string of the molecule is CC(C)C(=O)N1CCCNCC1C. The van der Waals surface area contributed by atoms with Gasteiger partial charge in [-0.25, -0.2) is 0 Å². The van der Waals surface area contributed by atoms with Crippen LogP contribution in [0.15, 0.2) is 0 Å². The monoisotopic (exact) mass is 184 g/mol. The summed E-state index contributed by atoms with van der Waals surface area (Å²) >= 11 is 0. The number of nitrogens with one attached hydrogen (secondary N) is 1. The minimum Gasteiger partial charge on any atom is -0.338 e. The summed E-state index contributed by atoms with van der Waals surface area (Å²) in [5.41, 5.74) is 0. The van der Waals surface area contributed by atoms with E-state index in [-0.39, 0.29) is 11.8 Å². The molecule has 1 aliphatic heterocycles. The molecule has 0 saturated carbocycles. The van der Waals surface area contributed by atoms with Crippen LogP contribution in [0.25, 0.3) is 0 Å². The predicted molar refractivity (Wildman–Crippen MR) is 53.5 cm³/mol. The van der Waals surface area contributed by atoms with Gasteiger partial charge in [-0.05, 0) is 19.9 Å². The lowest BCUT2D eigenvalue weighted by Crippen LogP contribution is -2.43. The first-order valence-electron chi connectivity index (χ1n) is 5.14. The van der Waals surface area contributed by atoms with Crippen LogP contribution in [0.1, 0.15) is 27.2 Å². The first-order valence-corrected chi connectivity index (χ1v) is 5.14. The molecule has 1 atom stereocenters. The maximum absolute atomic E-state index is 11.8. The van der Waals surface area contributed by atoms with Crippen molar-refractivity contribution in [3.8, 4) is 0 Å². The second-order valence-electron chi connectivity index (χ2n) is 4.09. The van der Waals surface area contributed by atoms with E-state index in [1.807, 2.05) is 18.7 Å². The van der Waals surface area contributed by atoms with Gasteiger partial charge in [0.1, 0.15) is 0 Å². The molecule has 3 nitrogen and oxygen atoms in total. The van der Waals surface area contributed by atoms with Crippen LogP contribution >= 0.6 is 0 Å². The lowest BCUT2D eigenvalue weighted by molar-refractivity contribution is -0.136. The van der Waals surface area contributed by atoms with Crippen LogP contribution in [0.4, 0.5) is 0 Å². The number of hydrogen-bond donors (Lipinski definition) is 1. The van der Waals surface area contributed by atoms with Crippen molar-refractivity contribution in [1.82, 2.24) is 10.2 Å². The molecule has 0 bridgehead atoms. The summed E-state index contributed by atoms with van der Waals surface area (Å²) in [6, 6.07) is 0.345. The van der Waals surface area contributed by atoms with E-state index in [1.54, 1.807) is 0 Å². The molecule has 1 aliphatic rings. The first-order chi connectivity index (χ1) is 6.13. The molecule has 1 rings (SSSR count). The van der Waals surface area contributed by atoms with Crippen LogP contribution in [-0.2, 0) is 4.79 Å². The highest BCUT2D eigenvalue weighted by Crippen LogP contribution is 2.08. The van der Waals surface area contributed by atoms with Gasteiger partial charge in [-0.2, -0.15) is 0 Å². The molecule has 76 valence electrons. The third-order valence-corrected chi connectivity index (χ3v) is 2.50. The molecule has 1 N–H and O–H groups in total. The van der Waals surface area contributed by atoms with Crippen molar-refractivity contribution in [1.29, 1.82) is 0 Å². The molecular formula is C10H20N2O. The number of nitrogens with zero attached hydrogens (tertiary/aromatic N) is 1. The fraction of sp³-hybridized carbons (Fsp3) is 0.900. The summed E-state index contributed by atoms with van der Waals surface area (Å²) < 4.78 is 0. The minimum absolute atomic E-state index is 0.126. The normalized spacial score (nSPS) is 24.6. The predicted octanol–water partition coefficient (Wildman–Crippen LogP) is 0.853. The third kappa shape index (κ3) is 2.69. The molecule has 0 aliphatic carbocycles. The van der Waals surface area contributed by atoms with Crippen molar-refractivity contribution in [2.75, 3.05) is 19.6 Å². The Morgan fingerprint density at radius 3 is 2.85 bits per heavy atom. The van der Waals surface area contributed by atoms with Gasteiger partial charge in [-0.3, -0.25) is 4.79 Å². The number of carbonyl (C=O) groups excluding carboxylic acids is 1. The molecule has 0 aromatic carbocycles. The van der Waals surface area contributed by atoms with Crippen LogP contribution in [0.5, 0.6) is 0 Å². The summed E-state index contributed by atoms with van der Waals surface area (Å²) in [6.07, 6.45) is 1.07. The molecule has 0 aromatic rings. The Bertz CT molecular complexity index is 180. The quantitative estimate of drug-likeness (QED) is 0.655. The fourth-order valence-electron chi connectivity index (χ4n) is 1.67. The van der Waals surface area contributed by atoms with Crippen molar-refractivity contribution in [3.63, 3.8) is 0 Å². The highest BCUT2D eigenvalue weighted by molar-refractivity contribution is 5.78. The van der Waals surface area contributed by atoms with E-state index in [2.05, 4.69) is 12.2 Å². The van der Waals surface area contributed by atoms with Crippen molar-refractivity contribution in [3.05, 3.63) is 0 Å². The van der Waals surface area contributed by atoms with Gasteiger partial charge >= 0.3 is 0 Å². The molecule has 0 radical (unpaired) electrons. The Hall–Kier alpha value is -0.570. The summed E-state index contributed by atoms with van der Waals surface area (Å²) in [7, 11) is 0. The molecule has 1 fully saturated rings. The summed E-state index contributed by atoms with van der Waals surface area (Å²) in [4.78, 5) is 13.8. The number of hydrogen-bond acceptors (Lipinski definition) is 2. The molecule has 1 unspecified atom stereocenters. The Morgan fingerprint density at radius 2 is 2.23 bits per heavy atom. The van der Waals surface area contributed by atoms with Crippen molar-refractivity contribution < 1.29 is 4.79 Å². The zero-order valence-electron chi connectivity index (χ0n) is 8.84. The molecule has 0 aromatic heterocycles. The Balaban J connectivity index is 2.58. The summed E-state index contributed by atoms with van der Waals surface area (Å²) in [5.74, 6) is 0.414. The van der Waals surface area contributed by atoms with Gasteiger partial charge in [0.05, 0.1) is 0 Å². The number of rotatable bonds is 1. The maximum atomic E-state index is 11.8. The van der Waals surface area contributed by atoms with E-state index < -0.39 is 0 Å². The molecule has 1 heterocycles. The second-order valence-corrected chi connectivity index (χ2v) is 4.09. The fourth-order valence-corrected chi connectivity index (χ4v) is 1.67. The first kappa shape index (κ1) is 10.5. The standard InChI is InChI=1S/C10H20N2O/c1-8(2)10(13)12-6-4-5-11-7-9(12)3/h8-9,11H,4-7H2,1-3H3. The maximum Gasteiger partial charge on any atom is 0.225 e. The average Bonchev–Trinajstić information content (AvgIpc) is 2.28. The van der Waals surface area contributed by atoms with E-state index >= 15 is 0 Å². The molecule has 1 saturated heterocycles. The van der Waals surface area contributed by atoms with Crippen molar-refractivity contribution >= 4 is 5.91 Å². The van der Waals surface area contributed by atoms with Gasteiger partial charge in [0.2, 0.25) is 5.91 Å². The average molecular weight is 184 g/mol. The highest BCUT2D eigenvalue weighted by atomic mass is 16.2. The van der Waals surface area contributed by atoms with Gasteiger partial charge in [0.15, 0.2) is 0 Å². The van der Waals surface area contributed by atoms with Crippen LogP contribution in [-0.4, -0.2) is 36.5 Å². The van der Waals surface area contributed by atoms with Crippen LogP contribution < -0.4 is 5.32 Å². The molecule has 13 heavy (non-hydrogen) atoms. The summed E-state index contributed by atoms with van der Waals surface area (Å²) in [6.45, 7) is 8.91. The van der Waals surface area contributed by atoms with Crippen LogP contribution in [0.2, 0.25) is 0 Å². The molecule has 0 spiro atoms. The van der Waals surface area contributed by atoms with Gasteiger partial charge in [0, 0.05) is 25.0 Å². The van der Waals surface area contributed by atoms with E-state index in [9.17, 15) is 4.79 Å².